The molecular weight excluding hydrogens is 353 g/mol. The minimum atomic E-state index is -0.542. The summed E-state index contributed by atoms with van der Waals surface area (Å²) in [6.45, 7) is 1.93. The lowest BCUT2D eigenvalue weighted by atomic mass is 10.2. The zero-order chi connectivity index (χ0) is 17.5. The van der Waals surface area contributed by atoms with E-state index in [9.17, 15) is 14.0 Å². The summed E-state index contributed by atoms with van der Waals surface area (Å²) in [7, 11) is 0. The summed E-state index contributed by atoms with van der Waals surface area (Å²) in [5, 5.41) is 2.94. The lowest BCUT2D eigenvalue weighted by Crippen LogP contribution is -2.15. The molecule has 0 aliphatic carbocycles. The van der Waals surface area contributed by atoms with E-state index in [0.717, 1.165) is 4.90 Å². The zero-order valence-corrected chi connectivity index (χ0v) is 14.4. The van der Waals surface area contributed by atoms with E-state index < -0.39 is 5.97 Å². The van der Waals surface area contributed by atoms with Crippen LogP contribution in [0.4, 0.5) is 10.1 Å². The Labute approximate surface area is 148 Å². The Hall–Kier alpha value is -2.05. The molecule has 4 nitrogen and oxygen atoms in total. The summed E-state index contributed by atoms with van der Waals surface area (Å²) in [6.07, 6.45) is 0. The van der Waals surface area contributed by atoms with Gasteiger partial charge in [0.25, 0.3) is 0 Å². The van der Waals surface area contributed by atoms with Gasteiger partial charge in [-0.2, -0.15) is 0 Å². The number of ether oxygens (including phenoxy) is 1. The largest absolute Gasteiger partial charge is 0.462 e. The topological polar surface area (TPSA) is 55.4 Å². The molecule has 2 aromatic carbocycles. The first-order chi connectivity index (χ1) is 11.5. The lowest BCUT2D eigenvalue weighted by molar-refractivity contribution is -0.113. The van der Waals surface area contributed by atoms with Gasteiger partial charge in [-0.05, 0) is 49.4 Å². The van der Waals surface area contributed by atoms with Crippen molar-refractivity contribution in [3.63, 3.8) is 0 Å². The number of anilines is 1. The third-order valence-electron chi connectivity index (χ3n) is 2.93. The van der Waals surface area contributed by atoms with Crippen LogP contribution in [0.2, 0.25) is 5.02 Å². The van der Waals surface area contributed by atoms with Crippen LogP contribution in [0, 0.1) is 5.82 Å². The second-order valence-electron chi connectivity index (χ2n) is 4.71. The number of carbonyl (C=O) groups excluding carboxylic acids is 2. The normalized spacial score (nSPS) is 10.3. The Bertz CT molecular complexity index is 737. The average molecular weight is 368 g/mol. The molecule has 0 heterocycles. The number of amides is 1. The van der Waals surface area contributed by atoms with Crippen molar-refractivity contribution >= 4 is 40.9 Å². The number of nitrogens with one attached hydrogen (secondary N) is 1. The summed E-state index contributed by atoms with van der Waals surface area (Å²) in [5.41, 5.74) is 0.648. The Balaban J connectivity index is 1.97. The van der Waals surface area contributed by atoms with Crippen LogP contribution in [0.25, 0.3) is 0 Å². The number of hydrogen-bond acceptors (Lipinski definition) is 4. The maximum Gasteiger partial charge on any atom is 0.339 e. The van der Waals surface area contributed by atoms with Crippen molar-refractivity contribution in [1.29, 1.82) is 0 Å². The Morgan fingerprint density at radius 3 is 2.58 bits per heavy atom. The first-order valence-electron chi connectivity index (χ1n) is 7.14. The third kappa shape index (κ3) is 5.25. The molecule has 7 heteroatoms. The molecule has 0 atom stereocenters. The van der Waals surface area contributed by atoms with E-state index in [0.29, 0.717) is 5.69 Å². The number of carbonyl (C=O) groups is 2. The highest BCUT2D eigenvalue weighted by molar-refractivity contribution is 8.00. The number of benzene rings is 2. The number of esters is 1. The van der Waals surface area contributed by atoms with Crippen LogP contribution >= 0.6 is 23.4 Å². The van der Waals surface area contributed by atoms with E-state index >= 15 is 0 Å². The molecule has 0 spiro atoms. The van der Waals surface area contributed by atoms with Crippen LogP contribution in [-0.4, -0.2) is 24.2 Å². The quantitative estimate of drug-likeness (QED) is 0.607. The maximum atomic E-state index is 12.8. The molecule has 1 N–H and O–H groups in total. The van der Waals surface area contributed by atoms with Crippen molar-refractivity contribution in [3.8, 4) is 0 Å². The van der Waals surface area contributed by atoms with E-state index in [1.165, 1.54) is 36.0 Å². The van der Waals surface area contributed by atoms with Crippen molar-refractivity contribution < 1.29 is 18.7 Å². The van der Waals surface area contributed by atoms with Crippen LogP contribution in [-0.2, 0) is 9.53 Å². The van der Waals surface area contributed by atoms with Gasteiger partial charge in [-0.1, -0.05) is 11.6 Å². The first-order valence-corrected chi connectivity index (χ1v) is 8.51. The van der Waals surface area contributed by atoms with Crippen molar-refractivity contribution in [2.45, 2.75) is 11.8 Å². The van der Waals surface area contributed by atoms with Gasteiger partial charge in [0, 0.05) is 10.6 Å². The van der Waals surface area contributed by atoms with Crippen LogP contribution in [0.15, 0.2) is 47.4 Å². The highest BCUT2D eigenvalue weighted by Gasteiger charge is 2.13. The first kappa shape index (κ1) is 18.3. The van der Waals surface area contributed by atoms with E-state index in [1.54, 1.807) is 25.1 Å². The van der Waals surface area contributed by atoms with Gasteiger partial charge in [-0.3, -0.25) is 4.79 Å². The van der Waals surface area contributed by atoms with E-state index in [2.05, 4.69) is 5.32 Å². The third-order valence-corrected chi connectivity index (χ3v) is 4.27. The molecule has 0 aliphatic rings. The van der Waals surface area contributed by atoms with Crippen molar-refractivity contribution in [2.75, 3.05) is 17.7 Å². The second kappa shape index (κ2) is 8.70. The minimum absolute atomic E-state index is 0.156. The van der Waals surface area contributed by atoms with Crippen molar-refractivity contribution in [2.24, 2.45) is 0 Å². The van der Waals surface area contributed by atoms with Gasteiger partial charge in [0.2, 0.25) is 5.91 Å². The molecule has 1 amide bonds. The molecule has 0 saturated heterocycles. The molecule has 0 aromatic heterocycles. The van der Waals surface area contributed by atoms with Crippen LogP contribution < -0.4 is 5.32 Å². The Morgan fingerprint density at radius 1 is 1.21 bits per heavy atom. The van der Waals surface area contributed by atoms with Gasteiger partial charge in [-0.15, -0.1) is 11.8 Å². The average Bonchev–Trinajstić information content (AvgIpc) is 2.56. The molecule has 0 unspecified atom stereocenters. The van der Waals surface area contributed by atoms with E-state index in [4.69, 9.17) is 16.3 Å². The predicted molar refractivity (Wildman–Crippen MR) is 93.2 cm³/mol. The van der Waals surface area contributed by atoms with Crippen LogP contribution in [0.5, 0.6) is 0 Å². The molecule has 24 heavy (non-hydrogen) atoms. The summed E-state index contributed by atoms with van der Waals surface area (Å²) >= 11 is 7.25. The Kier molecular flexibility index (Phi) is 6.63. The molecule has 0 aliphatic heterocycles. The van der Waals surface area contributed by atoms with Gasteiger partial charge < -0.3 is 10.1 Å². The van der Waals surface area contributed by atoms with E-state index in [-0.39, 0.29) is 34.7 Å². The molecule has 0 radical (unpaired) electrons. The fourth-order valence-electron chi connectivity index (χ4n) is 1.85. The molecular formula is C17H15ClFNO3S. The number of hydrogen-bond donors (Lipinski definition) is 1. The van der Waals surface area contributed by atoms with Gasteiger partial charge in [0.05, 0.1) is 22.9 Å². The molecule has 126 valence electrons. The number of thioether (sulfide) groups is 1. The van der Waals surface area contributed by atoms with Gasteiger partial charge in [0.15, 0.2) is 0 Å². The zero-order valence-electron chi connectivity index (χ0n) is 12.8. The molecule has 0 fully saturated rings. The minimum Gasteiger partial charge on any atom is -0.462 e. The summed E-state index contributed by atoms with van der Waals surface area (Å²) in [4.78, 5) is 24.6. The molecule has 2 aromatic rings. The predicted octanol–water partition coefficient (Wildman–Crippen LogP) is 4.39. The van der Waals surface area contributed by atoms with E-state index in [1.807, 2.05) is 0 Å². The standard InChI is InChI=1S/C17H15ClFNO3S/c1-2-23-17(22)14-9-12(5-8-15(14)18)20-16(21)10-24-13-6-3-11(19)4-7-13/h3-9H,2,10H2,1H3,(H,20,21). The van der Waals surface area contributed by atoms with Crippen LogP contribution in [0.3, 0.4) is 0 Å². The monoisotopic (exact) mass is 367 g/mol. The van der Waals surface area contributed by atoms with Gasteiger partial charge >= 0.3 is 5.97 Å². The number of rotatable bonds is 6. The maximum absolute atomic E-state index is 12.8. The van der Waals surface area contributed by atoms with Crippen molar-refractivity contribution in [1.82, 2.24) is 0 Å². The molecule has 0 saturated carbocycles. The summed E-state index contributed by atoms with van der Waals surface area (Å²) in [5.74, 6) is -0.958. The lowest BCUT2D eigenvalue weighted by Gasteiger charge is -2.09. The second-order valence-corrected chi connectivity index (χ2v) is 6.16. The number of halogens is 2. The SMILES string of the molecule is CCOC(=O)c1cc(NC(=O)CSc2ccc(F)cc2)ccc1Cl. The van der Waals surface area contributed by atoms with Crippen LogP contribution in [0.1, 0.15) is 17.3 Å². The fraction of sp³-hybridized carbons (Fsp3) is 0.176. The highest BCUT2D eigenvalue weighted by Crippen LogP contribution is 2.22. The molecule has 0 bridgehead atoms. The summed E-state index contributed by atoms with van der Waals surface area (Å²) in [6, 6.07) is 10.5. The van der Waals surface area contributed by atoms with Gasteiger partial charge in [-0.25, -0.2) is 9.18 Å². The van der Waals surface area contributed by atoms with Crippen molar-refractivity contribution in [3.05, 3.63) is 58.9 Å². The Morgan fingerprint density at radius 2 is 1.92 bits per heavy atom. The molecule has 2 rings (SSSR count). The summed E-state index contributed by atoms with van der Waals surface area (Å²) < 4.78 is 17.7. The smallest absolute Gasteiger partial charge is 0.339 e. The fourth-order valence-corrected chi connectivity index (χ4v) is 2.74. The van der Waals surface area contributed by atoms with Gasteiger partial charge in [0.1, 0.15) is 5.82 Å². The highest BCUT2D eigenvalue weighted by atomic mass is 35.5.